The van der Waals surface area contributed by atoms with Gasteiger partial charge in [0, 0.05) is 0 Å². The molecule has 0 aromatic heterocycles. The van der Waals surface area contributed by atoms with Gasteiger partial charge < -0.3 is 0 Å². The van der Waals surface area contributed by atoms with Crippen molar-refractivity contribution in [3.05, 3.63) is 157 Å². The molecule has 0 aliphatic heterocycles. The molecule has 0 saturated carbocycles. The van der Waals surface area contributed by atoms with Gasteiger partial charge in [0.15, 0.2) is 0 Å². The van der Waals surface area contributed by atoms with Crippen molar-refractivity contribution < 1.29 is 0 Å². The molecule has 2 aliphatic rings. The minimum Gasteiger partial charge on any atom is -0.0801 e. The predicted octanol–water partition coefficient (Wildman–Crippen LogP) is 8.44. The highest BCUT2D eigenvalue weighted by Gasteiger charge is 2.24. The Morgan fingerprint density at radius 3 is 1.93 bits per heavy atom. The summed E-state index contributed by atoms with van der Waals surface area (Å²) in [6, 6.07) is 29.0. The van der Waals surface area contributed by atoms with Crippen LogP contribution in [0.4, 0.5) is 0 Å². The Morgan fingerprint density at radius 1 is 0.675 bits per heavy atom. The molecule has 1 radical (unpaired) electrons. The van der Waals surface area contributed by atoms with E-state index in [1.807, 2.05) is 0 Å². The fourth-order valence-corrected chi connectivity index (χ4v) is 6.81. The molecule has 0 heterocycles. The van der Waals surface area contributed by atoms with E-state index < -0.39 is 0 Å². The van der Waals surface area contributed by atoms with Crippen LogP contribution in [0.15, 0.2) is 97.1 Å². The fraction of sp³-hybridized carbons (Fsp3) is 0.250. The second-order valence-electron chi connectivity index (χ2n) is 11.1. The van der Waals surface area contributed by atoms with Gasteiger partial charge in [0.05, 0.1) is 0 Å². The predicted molar refractivity (Wildman–Crippen MR) is 171 cm³/mol. The molecule has 40 heavy (non-hydrogen) atoms. The number of hydrogen-bond acceptors (Lipinski definition) is 0. The Bertz CT molecular complexity index is 1780. The van der Waals surface area contributed by atoms with Gasteiger partial charge in [-0.05, 0) is 103 Å². The van der Waals surface area contributed by atoms with Gasteiger partial charge in [-0.3, -0.25) is 0 Å². The average Bonchev–Trinajstić information content (AvgIpc) is 3.65. The van der Waals surface area contributed by atoms with Gasteiger partial charge in [-0.15, -0.1) is 0 Å². The lowest BCUT2D eigenvalue weighted by Crippen LogP contribution is -2.24. The number of allylic oxidation sites excluding steroid dienone is 4. The van der Waals surface area contributed by atoms with Crippen molar-refractivity contribution in [3.8, 4) is 0 Å². The third-order valence-corrected chi connectivity index (χ3v) is 8.36. The zero-order valence-corrected chi connectivity index (χ0v) is 24.2. The van der Waals surface area contributed by atoms with Gasteiger partial charge in [-0.25, -0.2) is 0 Å². The van der Waals surface area contributed by atoms with E-state index in [1.54, 1.807) is 5.56 Å². The maximum absolute atomic E-state index is 4.01. The number of benzene rings is 4. The van der Waals surface area contributed by atoms with Gasteiger partial charge in [-0.2, -0.15) is 0 Å². The number of aryl methyl sites for hydroxylation is 1. The summed E-state index contributed by atoms with van der Waals surface area (Å²) in [4.78, 5) is 0. The van der Waals surface area contributed by atoms with Gasteiger partial charge in [0.25, 0.3) is 0 Å². The molecule has 0 amide bonds. The molecule has 0 nitrogen and oxygen atoms in total. The molecule has 0 N–H and O–H groups in total. The lowest BCUT2D eigenvalue weighted by Gasteiger charge is -2.22. The maximum Gasteiger partial charge on any atom is -0.000709 e. The lowest BCUT2D eigenvalue weighted by atomic mass is 9.81. The Kier molecular flexibility index (Phi) is 7.69. The smallest absolute Gasteiger partial charge is 0.000709 e. The van der Waals surface area contributed by atoms with Crippen molar-refractivity contribution in [2.75, 3.05) is 0 Å². The molecular formula is C40H39. The second-order valence-corrected chi connectivity index (χ2v) is 11.1. The van der Waals surface area contributed by atoms with Crippen molar-refractivity contribution in [2.45, 2.75) is 65.7 Å². The molecule has 0 saturated heterocycles. The van der Waals surface area contributed by atoms with Gasteiger partial charge in [-0.1, -0.05) is 137 Å². The molecule has 0 bridgehead atoms. The van der Waals surface area contributed by atoms with Crippen LogP contribution < -0.4 is 10.4 Å². The van der Waals surface area contributed by atoms with Gasteiger partial charge in [0.1, 0.15) is 0 Å². The van der Waals surface area contributed by atoms with Crippen LogP contribution in [-0.2, 0) is 19.3 Å². The molecule has 199 valence electrons. The first-order valence-corrected chi connectivity index (χ1v) is 15.2. The zero-order valence-electron chi connectivity index (χ0n) is 24.2. The third kappa shape index (κ3) is 4.60. The molecule has 0 unspecified atom stereocenters. The van der Waals surface area contributed by atoms with E-state index in [0.717, 1.165) is 44.9 Å². The second kappa shape index (κ2) is 11.7. The van der Waals surface area contributed by atoms with Crippen molar-refractivity contribution in [3.63, 3.8) is 0 Å². The summed E-state index contributed by atoms with van der Waals surface area (Å²) in [7, 11) is 0. The summed E-state index contributed by atoms with van der Waals surface area (Å²) >= 11 is 0. The first-order valence-electron chi connectivity index (χ1n) is 15.2. The Balaban J connectivity index is 1.94. The highest BCUT2D eigenvalue weighted by molar-refractivity contribution is 5.88. The van der Waals surface area contributed by atoms with Gasteiger partial charge >= 0.3 is 0 Å². The Labute approximate surface area is 239 Å². The molecule has 0 spiro atoms. The van der Waals surface area contributed by atoms with Gasteiger partial charge in [0.2, 0.25) is 0 Å². The van der Waals surface area contributed by atoms with E-state index in [2.05, 4.69) is 124 Å². The van der Waals surface area contributed by atoms with Crippen molar-refractivity contribution in [1.82, 2.24) is 0 Å². The fourth-order valence-electron chi connectivity index (χ4n) is 6.81. The Morgan fingerprint density at radius 2 is 1.32 bits per heavy atom. The number of hydrogen-bond donors (Lipinski definition) is 0. The summed E-state index contributed by atoms with van der Waals surface area (Å²) in [5, 5.41) is 5.61. The molecule has 4 aromatic rings. The summed E-state index contributed by atoms with van der Waals surface area (Å²) in [5.41, 5.74) is 12.6. The molecular weight excluding hydrogens is 480 g/mol. The highest BCUT2D eigenvalue weighted by Crippen LogP contribution is 2.33. The largest absolute Gasteiger partial charge is 0.0801 e. The van der Waals surface area contributed by atoms with E-state index in [9.17, 15) is 0 Å². The van der Waals surface area contributed by atoms with Crippen LogP contribution in [0.3, 0.4) is 0 Å². The Hall–Kier alpha value is -3.90. The quantitative estimate of drug-likeness (QED) is 0.183. The highest BCUT2D eigenvalue weighted by atomic mass is 14.3. The van der Waals surface area contributed by atoms with Crippen LogP contribution in [0, 0.1) is 10.4 Å². The number of rotatable bonds is 9. The maximum atomic E-state index is 4.01. The topological polar surface area (TPSA) is 0 Å². The SMILES string of the molecule is CCCc1c(CCC)c2c(c(C3=CC=CC3)c1=C(c1ccccc1)c1ccccc1)[C]=c1cccc(CCC)c1=2. The summed E-state index contributed by atoms with van der Waals surface area (Å²) in [6.07, 6.45) is 18.5. The number of fused-ring (bicyclic) bond motifs is 2. The minimum absolute atomic E-state index is 0.967. The normalized spacial score (nSPS) is 13.1. The van der Waals surface area contributed by atoms with Crippen molar-refractivity contribution in [2.24, 2.45) is 0 Å². The molecule has 4 aromatic carbocycles. The van der Waals surface area contributed by atoms with E-state index >= 15 is 0 Å². The summed E-state index contributed by atoms with van der Waals surface area (Å²) in [5.74, 6) is 0. The van der Waals surface area contributed by atoms with E-state index in [0.29, 0.717) is 0 Å². The average molecular weight is 520 g/mol. The van der Waals surface area contributed by atoms with Crippen molar-refractivity contribution >= 4 is 17.2 Å². The van der Waals surface area contributed by atoms with Crippen LogP contribution in [-0.4, -0.2) is 0 Å². The molecule has 0 heteroatoms. The minimum atomic E-state index is 0.967. The zero-order chi connectivity index (χ0) is 27.5. The monoisotopic (exact) mass is 519 g/mol. The van der Waals surface area contributed by atoms with Crippen molar-refractivity contribution in [1.29, 1.82) is 0 Å². The van der Waals surface area contributed by atoms with Crippen LogP contribution in [0.5, 0.6) is 0 Å². The molecule has 6 rings (SSSR count). The van der Waals surface area contributed by atoms with E-state index in [1.165, 1.54) is 65.4 Å². The van der Waals surface area contributed by atoms with E-state index in [4.69, 9.17) is 0 Å². The van der Waals surface area contributed by atoms with Crippen LogP contribution in [0.1, 0.15) is 85.4 Å². The van der Waals surface area contributed by atoms with Crippen LogP contribution >= 0.6 is 0 Å². The van der Waals surface area contributed by atoms with Crippen LogP contribution in [0.25, 0.3) is 17.2 Å². The first kappa shape index (κ1) is 26.3. The standard InChI is InChI=1S/C40H39/c1-4-16-28-25-15-26-32-27-35-38(31-23-13-14-24-31)40(34(18-6-3)33(17-5-2)39(35)37(28)32)36(29-19-9-7-10-20-29)30-21-11-8-12-22-30/h7-15,19-23,25-26H,4-6,16-18,24H2,1-3H3. The molecule has 2 aliphatic carbocycles. The first-order chi connectivity index (χ1) is 19.8. The summed E-state index contributed by atoms with van der Waals surface area (Å²) < 4.78 is 0. The van der Waals surface area contributed by atoms with Crippen LogP contribution in [0.2, 0.25) is 0 Å². The van der Waals surface area contributed by atoms with E-state index in [-0.39, 0.29) is 0 Å². The molecule has 0 fully saturated rings. The lowest BCUT2D eigenvalue weighted by molar-refractivity contribution is 0.846. The third-order valence-electron chi connectivity index (χ3n) is 8.36. The summed E-state index contributed by atoms with van der Waals surface area (Å²) in [6.45, 7) is 6.96. The molecule has 0 atom stereocenters.